The van der Waals surface area contributed by atoms with Crippen molar-refractivity contribution in [3.05, 3.63) is 97.4 Å². The van der Waals surface area contributed by atoms with Crippen LogP contribution in [0.2, 0.25) is 5.02 Å². The summed E-state index contributed by atoms with van der Waals surface area (Å²) in [6, 6.07) is 15.6. The van der Waals surface area contributed by atoms with Crippen LogP contribution in [0.15, 0.2) is 69.8 Å². The number of fused-ring (bicyclic) bond motifs is 1. The molecule has 0 amide bonds. The van der Waals surface area contributed by atoms with E-state index in [1.807, 2.05) is 48.5 Å². The maximum absolute atomic E-state index is 13.3. The van der Waals surface area contributed by atoms with Gasteiger partial charge in [0.05, 0.1) is 24.2 Å². The number of rotatable bonds is 6. The highest BCUT2D eigenvalue weighted by Crippen LogP contribution is 2.40. The van der Waals surface area contributed by atoms with Gasteiger partial charge in [0.2, 0.25) is 0 Å². The van der Waals surface area contributed by atoms with Gasteiger partial charge in [-0.15, -0.1) is 0 Å². The molecule has 2 N–H and O–H groups in total. The first-order chi connectivity index (χ1) is 16.3. The van der Waals surface area contributed by atoms with Crippen LogP contribution in [0.5, 0.6) is 0 Å². The molecule has 1 aliphatic heterocycles. The highest BCUT2D eigenvalue weighted by atomic mass is 35.5. The lowest BCUT2D eigenvalue weighted by Crippen LogP contribution is -2.31. The Labute approximate surface area is 207 Å². The van der Waals surface area contributed by atoms with Gasteiger partial charge >= 0.3 is 5.97 Å². The second kappa shape index (κ2) is 10.1. The Morgan fingerprint density at radius 2 is 1.88 bits per heavy atom. The summed E-state index contributed by atoms with van der Waals surface area (Å²) in [6.45, 7) is 6.04. The maximum atomic E-state index is 13.3. The van der Waals surface area contributed by atoms with E-state index in [4.69, 9.17) is 16.3 Å². The largest absolute Gasteiger partial charge is 0.466 e. The quantitative estimate of drug-likeness (QED) is 0.254. The van der Waals surface area contributed by atoms with Crippen LogP contribution in [0.4, 0.5) is 5.82 Å². The summed E-state index contributed by atoms with van der Waals surface area (Å²) in [6.07, 6.45) is 0. The van der Waals surface area contributed by atoms with E-state index in [1.54, 1.807) is 6.92 Å². The maximum Gasteiger partial charge on any atom is 0.336 e. The molecule has 4 rings (SSSR count). The van der Waals surface area contributed by atoms with E-state index in [9.17, 15) is 9.59 Å². The summed E-state index contributed by atoms with van der Waals surface area (Å²) in [7, 11) is 1.34. The summed E-state index contributed by atoms with van der Waals surface area (Å²) in [5, 5.41) is 4.29. The topological polar surface area (TPSA) is 84.1 Å². The van der Waals surface area contributed by atoms with E-state index in [0.717, 1.165) is 11.1 Å². The molecule has 1 atom stereocenters. The van der Waals surface area contributed by atoms with Crippen molar-refractivity contribution in [2.45, 2.75) is 43.5 Å². The van der Waals surface area contributed by atoms with E-state index >= 15 is 0 Å². The number of allylic oxidation sites excluding steroid dienone is 1. The molecule has 8 heteroatoms. The number of anilines is 1. The van der Waals surface area contributed by atoms with Gasteiger partial charge in [-0.1, -0.05) is 79.7 Å². The normalized spacial score (nSPS) is 15.2. The summed E-state index contributed by atoms with van der Waals surface area (Å²) in [5.74, 6) is 0.293. The molecule has 0 aliphatic carbocycles. The van der Waals surface area contributed by atoms with Crippen molar-refractivity contribution in [3.63, 3.8) is 0 Å². The summed E-state index contributed by atoms with van der Waals surface area (Å²) in [5.41, 5.74) is 4.06. The fraction of sp³-hybridized carbons (Fsp3) is 0.269. The number of nitrogens with zero attached hydrogens (tertiary/aromatic N) is 1. The summed E-state index contributed by atoms with van der Waals surface area (Å²) in [4.78, 5) is 33.6. The smallest absolute Gasteiger partial charge is 0.336 e. The number of carbonyl (C=O) groups excluding carboxylic acids is 1. The van der Waals surface area contributed by atoms with Crippen molar-refractivity contribution in [1.29, 1.82) is 0 Å². The van der Waals surface area contributed by atoms with Gasteiger partial charge < -0.3 is 15.0 Å². The Hall–Kier alpha value is -3.03. The number of hydrogen-bond donors (Lipinski definition) is 2. The Bertz CT molecular complexity index is 1320. The molecule has 176 valence electrons. The number of aromatic amines is 1. The molecule has 0 spiro atoms. The van der Waals surface area contributed by atoms with Crippen molar-refractivity contribution in [1.82, 2.24) is 9.97 Å². The average molecular weight is 496 g/mol. The molecule has 34 heavy (non-hydrogen) atoms. The average Bonchev–Trinajstić information content (AvgIpc) is 2.82. The minimum absolute atomic E-state index is 0.300. The molecule has 0 radical (unpaired) electrons. The van der Waals surface area contributed by atoms with Crippen LogP contribution in [0.1, 0.15) is 54.9 Å². The zero-order chi connectivity index (χ0) is 24.4. The zero-order valence-corrected chi connectivity index (χ0v) is 21.0. The van der Waals surface area contributed by atoms with Crippen LogP contribution < -0.4 is 10.9 Å². The van der Waals surface area contributed by atoms with E-state index < -0.39 is 11.9 Å². The van der Waals surface area contributed by atoms with E-state index in [2.05, 4.69) is 29.1 Å². The van der Waals surface area contributed by atoms with Crippen LogP contribution in [0, 0.1) is 0 Å². The van der Waals surface area contributed by atoms with E-state index in [1.165, 1.54) is 24.4 Å². The minimum atomic E-state index is -0.594. The molecule has 0 saturated carbocycles. The van der Waals surface area contributed by atoms with Gasteiger partial charge in [0.15, 0.2) is 5.16 Å². The molecular formula is C26H26ClN3O3S. The van der Waals surface area contributed by atoms with Gasteiger partial charge in [-0.05, 0) is 35.6 Å². The number of H-pyrrole nitrogens is 1. The third-order valence-corrected chi connectivity index (χ3v) is 7.18. The number of thioether (sulfide) groups is 1. The molecule has 0 bridgehead atoms. The standard InChI is InChI=1S/C26H26ClN3O3S/c1-14(2)16-9-11-17(12-10-16)21-20(25(32)33-4)15(3)28-23-22(21)24(31)30-26(29-23)34-13-18-7-5-6-8-19(18)27/h5-12,14,21H,13H2,1-4H3,(H2,28,29,30,31). The molecule has 1 aromatic heterocycles. The number of nitrogens with one attached hydrogen (secondary N) is 2. The minimum Gasteiger partial charge on any atom is -0.466 e. The molecule has 2 aromatic carbocycles. The Morgan fingerprint density at radius 3 is 2.53 bits per heavy atom. The van der Waals surface area contributed by atoms with Gasteiger partial charge in [-0.25, -0.2) is 9.78 Å². The first-order valence-electron chi connectivity index (χ1n) is 11.0. The van der Waals surface area contributed by atoms with Crippen LogP contribution >= 0.6 is 23.4 Å². The molecule has 6 nitrogen and oxygen atoms in total. The fourth-order valence-electron chi connectivity index (χ4n) is 4.05. The first-order valence-corrected chi connectivity index (χ1v) is 12.3. The number of carbonyl (C=O) groups is 1. The molecule has 1 unspecified atom stereocenters. The SMILES string of the molecule is COC(=O)C1=C(C)Nc2nc(SCc3ccccc3Cl)[nH]c(=O)c2C1c1ccc(C(C)C)cc1. The predicted octanol–water partition coefficient (Wildman–Crippen LogP) is 5.84. The molecule has 2 heterocycles. The van der Waals surface area contributed by atoms with Crippen LogP contribution in [-0.4, -0.2) is 23.0 Å². The number of aromatic nitrogens is 2. The fourth-order valence-corrected chi connectivity index (χ4v) is 5.19. The number of esters is 1. The Morgan fingerprint density at radius 1 is 1.18 bits per heavy atom. The van der Waals surface area contributed by atoms with Crippen molar-refractivity contribution >= 4 is 35.1 Å². The van der Waals surface area contributed by atoms with Gasteiger partial charge in [0.25, 0.3) is 5.56 Å². The lowest BCUT2D eigenvalue weighted by molar-refractivity contribution is -0.136. The molecule has 3 aromatic rings. The molecular weight excluding hydrogens is 470 g/mol. The lowest BCUT2D eigenvalue weighted by atomic mass is 9.82. The first kappa shape index (κ1) is 24.1. The van der Waals surface area contributed by atoms with Gasteiger partial charge in [-0.3, -0.25) is 4.79 Å². The lowest BCUT2D eigenvalue weighted by Gasteiger charge is -2.28. The number of ether oxygens (including phenoxy) is 1. The summed E-state index contributed by atoms with van der Waals surface area (Å²) >= 11 is 7.66. The monoisotopic (exact) mass is 495 g/mol. The second-order valence-electron chi connectivity index (χ2n) is 8.42. The third kappa shape index (κ3) is 4.76. The van der Waals surface area contributed by atoms with Crippen LogP contribution in [-0.2, 0) is 15.3 Å². The number of hydrogen-bond acceptors (Lipinski definition) is 6. The van der Waals surface area contributed by atoms with Crippen molar-refractivity contribution in [2.75, 3.05) is 12.4 Å². The number of methoxy groups -OCH3 is 1. The van der Waals surface area contributed by atoms with Crippen molar-refractivity contribution in [2.24, 2.45) is 0 Å². The Balaban J connectivity index is 1.76. The van der Waals surface area contributed by atoms with Gasteiger partial charge in [-0.2, -0.15) is 0 Å². The van der Waals surface area contributed by atoms with Crippen molar-refractivity contribution < 1.29 is 9.53 Å². The van der Waals surface area contributed by atoms with E-state index in [-0.39, 0.29) is 5.56 Å². The molecule has 0 saturated heterocycles. The number of halogens is 1. The number of benzene rings is 2. The summed E-state index contributed by atoms with van der Waals surface area (Å²) < 4.78 is 5.07. The highest BCUT2D eigenvalue weighted by molar-refractivity contribution is 7.98. The van der Waals surface area contributed by atoms with Crippen LogP contribution in [0.3, 0.4) is 0 Å². The Kier molecular flexibility index (Phi) is 7.14. The van der Waals surface area contributed by atoms with Gasteiger partial charge in [0, 0.05) is 16.5 Å². The second-order valence-corrected chi connectivity index (χ2v) is 9.79. The van der Waals surface area contributed by atoms with Crippen molar-refractivity contribution in [3.8, 4) is 0 Å². The van der Waals surface area contributed by atoms with E-state index in [0.29, 0.717) is 44.5 Å². The van der Waals surface area contributed by atoms with Gasteiger partial charge in [0.1, 0.15) is 5.82 Å². The zero-order valence-electron chi connectivity index (χ0n) is 19.4. The predicted molar refractivity (Wildman–Crippen MR) is 137 cm³/mol. The highest BCUT2D eigenvalue weighted by Gasteiger charge is 2.36. The molecule has 0 fully saturated rings. The third-order valence-electron chi connectivity index (χ3n) is 5.88. The molecule has 1 aliphatic rings. The van der Waals surface area contributed by atoms with Crippen LogP contribution in [0.25, 0.3) is 0 Å².